The van der Waals surface area contributed by atoms with Gasteiger partial charge in [0.1, 0.15) is 7.11 Å². The zero-order valence-electron chi connectivity index (χ0n) is 8.39. The van der Waals surface area contributed by atoms with E-state index >= 15 is 0 Å². The van der Waals surface area contributed by atoms with Gasteiger partial charge >= 0.3 is 5.97 Å². The Kier molecular flexibility index (Phi) is 4.04. The summed E-state index contributed by atoms with van der Waals surface area (Å²) in [7, 11) is 1.35. The number of oxime groups is 1. The van der Waals surface area contributed by atoms with Crippen molar-refractivity contribution in [3.8, 4) is 0 Å². The van der Waals surface area contributed by atoms with Crippen molar-refractivity contribution >= 4 is 28.1 Å². The third-order valence-electron chi connectivity index (χ3n) is 1.41. The lowest BCUT2D eigenvalue weighted by molar-refractivity contribution is -0.135. The minimum atomic E-state index is -0.553. The van der Waals surface area contributed by atoms with E-state index in [1.54, 1.807) is 6.92 Å². The van der Waals surface area contributed by atoms with Gasteiger partial charge in [0, 0.05) is 0 Å². The molecule has 0 fully saturated rings. The number of nitrogens with two attached hydrogens (primary N) is 1. The molecule has 0 aliphatic rings. The maximum Gasteiger partial charge on any atom is 0.361 e. The summed E-state index contributed by atoms with van der Waals surface area (Å²) in [6, 6.07) is 0. The van der Waals surface area contributed by atoms with E-state index in [1.165, 1.54) is 13.3 Å². The first-order valence-electron chi connectivity index (χ1n) is 4.19. The van der Waals surface area contributed by atoms with Crippen LogP contribution in [0.3, 0.4) is 0 Å². The fourth-order valence-electron chi connectivity index (χ4n) is 0.871. The average molecular weight is 229 g/mol. The number of nitrogen functional groups attached to an aromatic ring is 1. The summed E-state index contributed by atoms with van der Waals surface area (Å²) in [5.41, 5.74) is 5.52. The van der Waals surface area contributed by atoms with E-state index in [-0.39, 0.29) is 12.3 Å². The summed E-state index contributed by atoms with van der Waals surface area (Å²) in [6.45, 7) is 1.99. The van der Waals surface area contributed by atoms with Crippen molar-refractivity contribution in [1.29, 1.82) is 0 Å². The molecule has 0 aliphatic carbocycles. The Morgan fingerprint density at radius 1 is 1.73 bits per heavy atom. The van der Waals surface area contributed by atoms with E-state index < -0.39 is 5.97 Å². The molecule has 0 amide bonds. The van der Waals surface area contributed by atoms with Gasteiger partial charge in [0.15, 0.2) is 5.13 Å². The lowest BCUT2D eigenvalue weighted by Gasteiger charge is -2.01. The molecule has 15 heavy (non-hydrogen) atoms. The number of carbonyl (C=O) groups is 1. The van der Waals surface area contributed by atoms with Crippen molar-refractivity contribution in [2.75, 3.05) is 19.5 Å². The van der Waals surface area contributed by atoms with Gasteiger partial charge in [-0.2, -0.15) is 0 Å². The normalized spacial score (nSPS) is 11.2. The summed E-state index contributed by atoms with van der Waals surface area (Å²) in [4.78, 5) is 20.3. The molecule has 0 saturated heterocycles. The van der Waals surface area contributed by atoms with Crippen molar-refractivity contribution in [3.05, 3.63) is 11.1 Å². The van der Waals surface area contributed by atoms with E-state index in [2.05, 4.69) is 15.0 Å². The lowest BCUT2D eigenvalue weighted by Crippen LogP contribution is -2.18. The molecule has 1 aromatic rings. The molecule has 7 heteroatoms. The number of rotatable bonds is 4. The third kappa shape index (κ3) is 2.91. The van der Waals surface area contributed by atoms with Crippen LogP contribution in [-0.2, 0) is 14.4 Å². The Morgan fingerprint density at radius 2 is 2.47 bits per heavy atom. The maximum absolute atomic E-state index is 11.4. The highest BCUT2D eigenvalue weighted by molar-refractivity contribution is 7.18. The Bertz CT molecular complexity index is 375. The van der Waals surface area contributed by atoms with Gasteiger partial charge in [-0.1, -0.05) is 16.5 Å². The van der Waals surface area contributed by atoms with Crippen LogP contribution in [-0.4, -0.2) is 30.4 Å². The monoisotopic (exact) mass is 229 g/mol. The van der Waals surface area contributed by atoms with Gasteiger partial charge in [-0.25, -0.2) is 9.78 Å². The van der Waals surface area contributed by atoms with E-state index in [0.29, 0.717) is 10.0 Å². The standard InChI is InChI=1S/C8H11N3O3S/c1-3-14-7(12)6(11-13-2)5-4-10-8(9)15-5/h4H,3H2,1-2H3,(H2,9,10)/b11-6+. The van der Waals surface area contributed by atoms with E-state index in [4.69, 9.17) is 10.5 Å². The third-order valence-corrected chi connectivity index (χ3v) is 2.24. The minimum absolute atomic E-state index is 0.0774. The van der Waals surface area contributed by atoms with Crippen molar-refractivity contribution < 1.29 is 14.4 Å². The fourth-order valence-corrected chi connectivity index (χ4v) is 1.52. The van der Waals surface area contributed by atoms with Crippen LogP contribution in [0.25, 0.3) is 0 Å². The van der Waals surface area contributed by atoms with Crippen LogP contribution in [0, 0.1) is 0 Å². The van der Waals surface area contributed by atoms with Crippen LogP contribution >= 0.6 is 11.3 Å². The lowest BCUT2D eigenvalue weighted by atomic mass is 10.3. The van der Waals surface area contributed by atoms with Crippen LogP contribution in [0.1, 0.15) is 11.8 Å². The second-order valence-corrected chi connectivity index (χ2v) is 3.47. The molecule has 1 aromatic heterocycles. The second-order valence-electron chi connectivity index (χ2n) is 2.41. The molecule has 1 heterocycles. The fraction of sp³-hybridized carbons (Fsp3) is 0.375. The summed E-state index contributed by atoms with van der Waals surface area (Å²) >= 11 is 1.15. The molecule has 0 saturated carbocycles. The van der Waals surface area contributed by atoms with Crippen LogP contribution in [0.15, 0.2) is 11.4 Å². The number of hydrogen-bond donors (Lipinski definition) is 1. The molecule has 82 valence electrons. The number of thiazole rings is 1. The predicted molar refractivity (Wildman–Crippen MR) is 56.7 cm³/mol. The Balaban J connectivity index is 2.93. The van der Waals surface area contributed by atoms with E-state index in [1.807, 2.05) is 0 Å². The number of hydrogen-bond acceptors (Lipinski definition) is 7. The predicted octanol–water partition coefficient (Wildman–Crippen LogP) is 0.639. The maximum atomic E-state index is 11.4. The molecule has 0 aromatic carbocycles. The van der Waals surface area contributed by atoms with Gasteiger partial charge in [0.05, 0.1) is 17.7 Å². The van der Waals surface area contributed by atoms with Gasteiger partial charge in [-0.3, -0.25) is 0 Å². The minimum Gasteiger partial charge on any atom is -0.461 e. The molecule has 0 bridgehead atoms. The highest BCUT2D eigenvalue weighted by Crippen LogP contribution is 2.16. The Labute approximate surface area is 90.7 Å². The number of esters is 1. The second kappa shape index (κ2) is 5.30. The summed E-state index contributed by atoms with van der Waals surface area (Å²) < 4.78 is 4.81. The summed E-state index contributed by atoms with van der Waals surface area (Å²) in [5, 5.41) is 3.94. The zero-order valence-corrected chi connectivity index (χ0v) is 9.21. The largest absolute Gasteiger partial charge is 0.461 e. The molecule has 1 rings (SSSR count). The number of nitrogens with zero attached hydrogens (tertiary/aromatic N) is 2. The molecular weight excluding hydrogens is 218 g/mol. The van der Waals surface area contributed by atoms with Gasteiger partial charge < -0.3 is 15.3 Å². The molecule has 0 spiro atoms. The highest BCUT2D eigenvalue weighted by atomic mass is 32.1. The molecule has 0 atom stereocenters. The van der Waals surface area contributed by atoms with Crippen molar-refractivity contribution in [2.24, 2.45) is 5.16 Å². The van der Waals surface area contributed by atoms with Crippen molar-refractivity contribution in [2.45, 2.75) is 6.92 Å². The van der Waals surface area contributed by atoms with Crippen molar-refractivity contribution in [3.63, 3.8) is 0 Å². The topological polar surface area (TPSA) is 86.8 Å². The molecule has 0 aliphatic heterocycles. The van der Waals surface area contributed by atoms with Crippen LogP contribution in [0.5, 0.6) is 0 Å². The van der Waals surface area contributed by atoms with Crippen LogP contribution in [0.2, 0.25) is 0 Å². The summed E-state index contributed by atoms with van der Waals surface area (Å²) in [6.07, 6.45) is 1.45. The molecule has 0 radical (unpaired) electrons. The SMILES string of the molecule is CCOC(=O)/C(=N/OC)c1cnc(N)s1. The first kappa shape index (κ1) is 11.4. The molecular formula is C8H11N3O3S. The van der Waals surface area contributed by atoms with Crippen LogP contribution in [0.4, 0.5) is 5.13 Å². The summed E-state index contributed by atoms with van der Waals surface area (Å²) in [5.74, 6) is -0.553. The van der Waals surface area contributed by atoms with E-state index in [9.17, 15) is 4.79 Å². The number of carbonyl (C=O) groups excluding carboxylic acids is 1. The quantitative estimate of drug-likeness (QED) is 0.465. The Morgan fingerprint density at radius 3 is 2.93 bits per heavy atom. The van der Waals surface area contributed by atoms with Gasteiger partial charge in [-0.05, 0) is 6.92 Å². The Hall–Kier alpha value is -1.63. The van der Waals surface area contributed by atoms with Gasteiger partial charge in [0.25, 0.3) is 0 Å². The van der Waals surface area contributed by atoms with Gasteiger partial charge in [-0.15, -0.1) is 0 Å². The number of aromatic nitrogens is 1. The molecule has 2 N–H and O–H groups in total. The molecule has 6 nitrogen and oxygen atoms in total. The smallest absolute Gasteiger partial charge is 0.361 e. The first-order valence-corrected chi connectivity index (χ1v) is 5.00. The average Bonchev–Trinajstić information content (AvgIpc) is 2.61. The first-order chi connectivity index (χ1) is 7.19. The zero-order chi connectivity index (χ0) is 11.3. The van der Waals surface area contributed by atoms with Crippen molar-refractivity contribution in [1.82, 2.24) is 4.98 Å². The van der Waals surface area contributed by atoms with E-state index in [0.717, 1.165) is 11.3 Å². The number of ether oxygens (including phenoxy) is 1. The van der Waals surface area contributed by atoms with Crippen LogP contribution < -0.4 is 5.73 Å². The molecule has 0 unspecified atom stereocenters. The van der Waals surface area contributed by atoms with Gasteiger partial charge in [0.2, 0.25) is 5.71 Å². The number of anilines is 1. The highest BCUT2D eigenvalue weighted by Gasteiger charge is 2.18.